The lowest BCUT2D eigenvalue weighted by molar-refractivity contribution is 0.660. The second-order valence-corrected chi connectivity index (χ2v) is 11.7. The van der Waals surface area contributed by atoms with E-state index < -0.39 is 0 Å². The highest BCUT2D eigenvalue weighted by Crippen LogP contribution is 2.51. The normalized spacial score (nSPS) is 13.6. The van der Waals surface area contributed by atoms with Crippen molar-refractivity contribution < 1.29 is 0 Å². The Balaban J connectivity index is 1.49. The van der Waals surface area contributed by atoms with Gasteiger partial charge in [0.25, 0.3) is 0 Å². The molecule has 0 radical (unpaired) electrons. The Morgan fingerprint density at radius 3 is 2.20 bits per heavy atom. The molecule has 6 aromatic carbocycles. The maximum absolute atomic E-state index is 4.65. The SMILES string of the molecule is Cc1ccc2c(-c3cccc4ccccc34)c3cnccc3c(-c3ccc4c(c3)C(C)(C)c3ccccc3-4)c2c1. The first-order valence-corrected chi connectivity index (χ1v) is 14.1. The van der Waals surface area contributed by atoms with Crippen LogP contribution in [0.3, 0.4) is 0 Å². The van der Waals surface area contributed by atoms with Crippen LogP contribution in [0.2, 0.25) is 0 Å². The molecule has 7 aromatic rings. The number of hydrogen-bond donors (Lipinski definition) is 0. The fourth-order valence-electron chi connectivity index (χ4n) is 7.09. The number of aryl methyl sites for hydroxylation is 1. The first-order chi connectivity index (χ1) is 19.5. The fraction of sp³-hybridized carbons (Fsp3) is 0.103. The van der Waals surface area contributed by atoms with Crippen LogP contribution < -0.4 is 0 Å². The maximum atomic E-state index is 4.65. The molecule has 1 aromatic heterocycles. The molecule has 1 aliphatic rings. The summed E-state index contributed by atoms with van der Waals surface area (Å²) in [5.41, 5.74) is 11.8. The molecule has 1 heteroatoms. The third-order valence-electron chi connectivity index (χ3n) is 9.00. The van der Waals surface area contributed by atoms with E-state index >= 15 is 0 Å². The van der Waals surface area contributed by atoms with Gasteiger partial charge in [-0.1, -0.05) is 116 Å². The van der Waals surface area contributed by atoms with Crippen LogP contribution in [0.4, 0.5) is 0 Å². The molecule has 0 saturated heterocycles. The largest absolute Gasteiger partial charge is 0.264 e. The van der Waals surface area contributed by atoms with E-state index in [1.807, 2.05) is 6.20 Å². The minimum absolute atomic E-state index is 0.0477. The number of rotatable bonds is 2. The first kappa shape index (κ1) is 23.2. The molecule has 1 aliphatic carbocycles. The minimum atomic E-state index is -0.0477. The van der Waals surface area contributed by atoms with Gasteiger partial charge < -0.3 is 0 Å². The van der Waals surface area contributed by atoms with Gasteiger partial charge in [-0.3, -0.25) is 4.98 Å². The van der Waals surface area contributed by atoms with Gasteiger partial charge in [0, 0.05) is 23.2 Å². The van der Waals surface area contributed by atoms with Crippen molar-refractivity contribution in [1.29, 1.82) is 0 Å². The molecule has 190 valence electrons. The standard InChI is InChI=1S/C39H29N/c1-24-15-17-31-33(21-24)37(26-16-18-29-28-12-6-7-14-35(28)39(2,3)36(29)22-26)32-19-20-40-23-34(32)38(31)30-13-8-10-25-9-4-5-11-27(25)30/h4-23H,1-3H3. The quantitative estimate of drug-likeness (QED) is 0.210. The van der Waals surface area contributed by atoms with Crippen molar-refractivity contribution in [3.8, 4) is 33.4 Å². The van der Waals surface area contributed by atoms with Crippen LogP contribution in [0.15, 0.2) is 122 Å². The summed E-state index contributed by atoms with van der Waals surface area (Å²) in [5.74, 6) is 0. The fourth-order valence-corrected chi connectivity index (χ4v) is 7.09. The van der Waals surface area contributed by atoms with E-state index in [0.29, 0.717) is 0 Å². The molecule has 0 N–H and O–H groups in total. The average molecular weight is 512 g/mol. The zero-order valence-electron chi connectivity index (χ0n) is 23.0. The van der Waals surface area contributed by atoms with Gasteiger partial charge in [-0.15, -0.1) is 0 Å². The number of benzene rings is 6. The second-order valence-electron chi connectivity index (χ2n) is 11.7. The minimum Gasteiger partial charge on any atom is -0.264 e. The third-order valence-corrected chi connectivity index (χ3v) is 9.00. The van der Waals surface area contributed by atoms with Crippen LogP contribution in [0.5, 0.6) is 0 Å². The molecular formula is C39H29N. The van der Waals surface area contributed by atoms with Crippen molar-refractivity contribution >= 4 is 32.3 Å². The van der Waals surface area contributed by atoms with E-state index in [1.165, 1.54) is 82.4 Å². The maximum Gasteiger partial charge on any atom is 0.0353 e. The molecule has 1 nitrogen and oxygen atoms in total. The summed E-state index contributed by atoms with van der Waals surface area (Å²) >= 11 is 0. The zero-order chi connectivity index (χ0) is 27.0. The average Bonchev–Trinajstić information content (AvgIpc) is 3.21. The van der Waals surface area contributed by atoms with Crippen molar-refractivity contribution in [3.05, 3.63) is 138 Å². The summed E-state index contributed by atoms with van der Waals surface area (Å²) < 4.78 is 0. The van der Waals surface area contributed by atoms with Crippen LogP contribution in [0.25, 0.3) is 65.7 Å². The van der Waals surface area contributed by atoms with E-state index in [1.54, 1.807) is 0 Å². The van der Waals surface area contributed by atoms with Gasteiger partial charge in [-0.05, 0) is 90.5 Å². The van der Waals surface area contributed by atoms with Crippen molar-refractivity contribution in [2.45, 2.75) is 26.2 Å². The molecule has 1 heterocycles. The lowest BCUT2D eigenvalue weighted by Crippen LogP contribution is -2.14. The van der Waals surface area contributed by atoms with Crippen LogP contribution >= 0.6 is 0 Å². The molecule has 0 bridgehead atoms. The smallest absolute Gasteiger partial charge is 0.0353 e. The highest BCUT2D eigenvalue weighted by atomic mass is 14.6. The summed E-state index contributed by atoms with van der Waals surface area (Å²) in [4.78, 5) is 4.65. The zero-order valence-corrected chi connectivity index (χ0v) is 23.0. The van der Waals surface area contributed by atoms with Gasteiger partial charge in [-0.25, -0.2) is 0 Å². The molecule has 0 spiro atoms. The topological polar surface area (TPSA) is 12.9 Å². The first-order valence-electron chi connectivity index (χ1n) is 14.1. The summed E-state index contributed by atoms with van der Waals surface area (Å²) in [7, 11) is 0. The summed E-state index contributed by atoms with van der Waals surface area (Å²) in [6.07, 6.45) is 4.00. The van der Waals surface area contributed by atoms with E-state index in [2.05, 4.69) is 141 Å². The molecule has 0 fully saturated rings. The van der Waals surface area contributed by atoms with Gasteiger partial charge >= 0.3 is 0 Å². The molecular weight excluding hydrogens is 482 g/mol. The molecule has 8 rings (SSSR count). The van der Waals surface area contributed by atoms with Crippen molar-refractivity contribution in [3.63, 3.8) is 0 Å². The van der Waals surface area contributed by atoms with E-state index in [-0.39, 0.29) is 5.41 Å². The molecule has 0 atom stereocenters. The van der Waals surface area contributed by atoms with Crippen molar-refractivity contribution in [2.24, 2.45) is 0 Å². The third kappa shape index (κ3) is 3.18. The highest BCUT2D eigenvalue weighted by Gasteiger charge is 2.35. The monoisotopic (exact) mass is 511 g/mol. The lowest BCUT2D eigenvalue weighted by Gasteiger charge is -2.23. The summed E-state index contributed by atoms with van der Waals surface area (Å²) in [6.45, 7) is 6.91. The number of nitrogens with zero attached hydrogens (tertiary/aromatic N) is 1. The molecule has 0 saturated carbocycles. The Hall–Kier alpha value is -4.75. The van der Waals surface area contributed by atoms with Gasteiger partial charge in [0.2, 0.25) is 0 Å². The number of aromatic nitrogens is 1. The van der Waals surface area contributed by atoms with Crippen molar-refractivity contribution in [2.75, 3.05) is 0 Å². The van der Waals surface area contributed by atoms with E-state index in [9.17, 15) is 0 Å². The Morgan fingerprint density at radius 2 is 1.27 bits per heavy atom. The molecule has 0 aliphatic heterocycles. The van der Waals surface area contributed by atoms with Gasteiger partial charge in [0.05, 0.1) is 0 Å². The molecule has 40 heavy (non-hydrogen) atoms. The van der Waals surface area contributed by atoms with Crippen molar-refractivity contribution in [1.82, 2.24) is 4.98 Å². The van der Waals surface area contributed by atoms with E-state index in [4.69, 9.17) is 0 Å². The summed E-state index contributed by atoms with van der Waals surface area (Å²) in [5, 5.41) is 7.50. The Labute approximate surface area is 234 Å². The van der Waals surface area contributed by atoms with Crippen LogP contribution in [-0.4, -0.2) is 4.98 Å². The number of fused-ring (bicyclic) bond motifs is 6. The Kier molecular flexibility index (Phi) is 4.85. The second kappa shape index (κ2) is 8.37. The lowest BCUT2D eigenvalue weighted by atomic mass is 9.80. The van der Waals surface area contributed by atoms with Crippen LogP contribution in [-0.2, 0) is 5.41 Å². The molecule has 0 amide bonds. The van der Waals surface area contributed by atoms with Crippen LogP contribution in [0.1, 0.15) is 30.5 Å². The summed E-state index contributed by atoms with van der Waals surface area (Å²) in [6, 6.07) is 40.4. The van der Waals surface area contributed by atoms with Gasteiger partial charge in [0.15, 0.2) is 0 Å². The predicted octanol–water partition coefficient (Wildman–Crippen LogP) is 10.5. The highest BCUT2D eigenvalue weighted by molar-refractivity contribution is 6.23. The molecule has 0 unspecified atom stereocenters. The van der Waals surface area contributed by atoms with Gasteiger partial charge in [-0.2, -0.15) is 0 Å². The number of pyridine rings is 1. The number of hydrogen-bond acceptors (Lipinski definition) is 1. The van der Waals surface area contributed by atoms with Crippen LogP contribution in [0, 0.1) is 6.92 Å². The van der Waals surface area contributed by atoms with Gasteiger partial charge in [0.1, 0.15) is 0 Å². The predicted molar refractivity (Wildman–Crippen MR) is 170 cm³/mol. The Morgan fingerprint density at radius 1 is 0.525 bits per heavy atom. The Bertz CT molecular complexity index is 2140. The van der Waals surface area contributed by atoms with E-state index in [0.717, 1.165) is 0 Å².